The summed E-state index contributed by atoms with van der Waals surface area (Å²) in [5.74, 6) is -0.566. The van der Waals surface area contributed by atoms with Crippen LogP contribution in [0.5, 0.6) is 0 Å². The van der Waals surface area contributed by atoms with Crippen molar-refractivity contribution in [2.45, 2.75) is 12.1 Å². The van der Waals surface area contributed by atoms with Crippen molar-refractivity contribution in [3.05, 3.63) is 92.1 Å². The third-order valence-corrected chi connectivity index (χ3v) is 5.21. The first-order valence-corrected chi connectivity index (χ1v) is 8.92. The van der Waals surface area contributed by atoms with Gasteiger partial charge in [-0.05, 0) is 11.6 Å². The van der Waals surface area contributed by atoms with E-state index in [1.807, 2.05) is 30.3 Å². The summed E-state index contributed by atoms with van der Waals surface area (Å²) in [5.41, 5.74) is -1.46. The van der Waals surface area contributed by atoms with Gasteiger partial charge in [0.1, 0.15) is 5.82 Å². The maximum atomic E-state index is 13.0. The van der Waals surface area contributed by atoms with Crippen LogP contribution in [0.15, 0.2) is 64.2 Å². The van der Waals surface area contributed by atoms with Crippen LogP contribution in [0.4, 0.5) is 16.3 Å². The molecule has 1 spiro atoms. The largest absolute Gasteiger partial charge is 0.330 e. The summed E-state index contributed by atoms with van der Waals surface area (Å²) in [6.45, 7) is 0.110. The van der Waals surface area contributed by atoms with Gasteiger partial charge in [-0.3, -0.25) is 24.5 Å². The zero-order valence-electron chi connectivity index (χ0n) is 15.0. The first-order valence-electron chi connectivity index (χ1n) is 8.92. The fourth-order valence-corrected chi connectivity index (χ4v) is 3.97. The lowest BCUT2D eigenvalue weighted by Crippen LogP contribution is -2.60. The number of urea groups is 1. The third-order valence-electron chi connectivity index (χ3n) is 5.21. The molecule has 2 aliphatic heterocycles. The average molecular weight is 389 g/mol. The van der Waals surface area contributed by atoms with Gasteiger partial charge in [-0.25, -0.2) is 9.59 Å². The normalized spacial score (nSPS) is 19.2. The van der Waals surface area contributed by atoms with Crippen molar-refractivity contribution in [3.63, 3.8) is 0 Å². The van der Waals surface area contributed by atoms with Crippen molar-refractivity contribution in [1.82, 2.24) is 14.9 Å². The number of carbonyl (C=O) groups is 2. The predicted octanol–water partition coefficient (Wildman–Crippen LogP) is 0.916. The minimum atomic E-state index is -1.73. The van der Waals surface area contributed by atoms with E-state index in [-0.39, 0.29) is 17.9 Å². The van der Waals surface area contributed by atoms with Crippen LogP contribution in [0.25, 0.3) is 0 Å². The van der Waals surface area contributed by atoms with E-state index >= 15 is 0 Å². The predicted molar refractivity (Wildman–Crippen MR) is 105 cm³/mol. The number of fused-ring (bicyclic) bond motifs is 4. The van der Waals surface area contributed by atoms with E-state index in [9.17, 15) is 19.2 Å². The Morgan fingerprint density at radius 1 is 0.862 bits per heavy atom. The number of rotatable bonds is 2. The summed E-state index contributed by atoms with van der Waals surface area (Å²) >= 11 is 0. The van der Waals surface area contributed by atoms with Crippen LogP contribution in [-0.2, 0) is 16.9 Å². The summed E-state index contributed by atoms with van der Waals surface area (Å²) in [4.78, 5) is 53.3. The van der Waals surface area contributed by atoms with Crippen molar-refractivity contribution in [2.24, 2.45) is 0 Å². The average Bonchev–Trinajstić information content (AvgIpc) is 2.97. The maximum Gasteiger partial charge on any atom is 0.330 e. The molecule has 0 fully saturated rings. The molecule has 9 heteroatoms. The van der Waals surface area contributed by atoms with E-state index in [2.05, 4.69) is 20.9 Å². The van der Waals surface area contributed by atoms with E-state index in [0.29, 0.717) is 11.3 Å². The van der Waals surface area contributed by atoms with Crippen LogP contribution in [0.1, 0.15) is 16.7 Å². The van der Waals surface area contributed by atoms with Crippen LogP contribution < -0.4 is 27.2 Å². The highest BCUT2D eigenvalue weighted by Crippen LogP contribution is 2.43. The molecule has 144 valence electrons. The highest BCUT2D eigenvalue weighted by molar-refractivity contribution is 6.13. The van der Waals surface area contributed by atoms with Gasteiger partial charge in [-0.2, -0.15) is 0 Å². The minimum Gasteiger partial charge on any atom is -0.323 e. The summed E-state index contributed by atoms with van der Waals surface area (Å²) in [6.07, 6.45) is 0. The number of benzene rings is 2. The lowest BCUT2D eigenvalue weighted by atomic mass is 9.83. The van der Waals surface area contributed by atoms with E-state index in [4.69, 9.17) is 0 Å². The Kier molecular flexibility index (Phi) is 3.47. The van der Waals surface area contributed by atoms with Gasteiger partial charge >= 0.3 is 11.7 Å². The molecule has 0 saturated heterocycles. The zero-order chi connectivity index (χ0) is 20.2. The maximum absolute atomic E-state index is 13.0. The number of H-pyrrole nitrogens is 1. The zero-order valence-corrected chi connectivity index (χ0v) is 15.0. The summed E-state index contributed by atoms with van der Waals surface area (Å²) in [6, 6.07) is 15.2. The van der Waals surface area contributed by atoms with Crippen LogP contribution >= 0.6 is 0 Å². The third kappa shape index (κ3) is 2.34. The number of nitrogens with zero attached hydrogens (tertiary/aromatic N) is 1. The van der Waals surface area contributed by atoms with E-state index in [1.54, 1.807) is 24.3 Å². The molecule has 3 heterocycles. The van der Waals surface area contributed by atoms with Gasteiger partial charge in [-0.1, -0.05) is 48.5 Å². The molecule has 0 radical (unpaired) electrons. The van der Waals surface area contributed by atoms with Gasteiger partial charge in [-0.15, -0.1) is 0 Å². The Balaban J connectivity index is 1.81. The topological polar surface area (TPSA) is 125 Å². The van der Waals surface area contributed by atoms with E-state index in [1.165, 1.54) is 4.57 Å². The van der Waals surface area contributed by atoms with Crippen molar-refractivity contribution in [2.75, 3.05) is 10.6 Å². The number of anilines is 2. The molecule has 0 bridgehead atoms. The molecule has 9 nitrogen and oxygen atoms in total. The highest BCUT2D eigenvalue weighted by atomic mass is 16.2. The minimum absolute atomic E-state index is 0.00166. The molecule has 2 aromatic carbocycles. The van der Waals surface area contributed by atoms with Crippen molar-refractivity contribution in [1.29, 1.82) is 0 Å². The summed E-state index contributed by atoms with van der Waals surface area (Å²) in [7, 11) is 0. The second-order valence-electron chi connectivity index (χ2n) is 6.88. The second-order valence-corrected chi connectivity index (χ2v) is 6.88. The number of aromatic amines is 1. The van der Waals surface area contributed by atoms with Crippen molar-refractivity contribution < 1.29 is 9.59 Å². The molecule has 3 aromatic rings. The molecule has 1 unspecified atom stereocenters. The number of para-hydroxylation sites is 1. The molecule has 5 rings (SSSR count). The fourth-order valence-electron chi connectivity index (χ4n) is 3.97. The number of hydrogen-bond donors (Lipinski definition) is 4. The smallest absolute Gasteiger partial charge is 0.323 e. The Bertz CT molecular complexity index is 1290. The molecular weight excluding hydrogens is 374 g/mol. The monoisotopic (exact) mass is 389 g/mol. The number of amides is 3. The molecule has 0 saturated carbocycles. The second kappa shape index (κ2) is 5.93. The molecule has 3 amide bonds. The van der Waals surface area contributed by atoms with Gasteiger partial charge in [0, 0.05) is 11.3 Å². The number of carbonyl (C=O) groups excluding carboxylic acids is 2. The molecule has 1 atom stereocenters. The quantitative estimate of drug-likeness (QED) is 0.520. The Labute approximate surface area is 163 Å². The Morgan fingerprint density at radius 2 is 1.59 bits per heavy atom. The molecule has 0 aliphatic carbocycles. The van der Waals surface area contributed by atoms with Crippen LogP contribution in [0.3, 0.4) is 0 Å². The van der Waals surface area contributed by atoms with Crippen LogP contribution in [-0.4, -0.2) is 21.5 Å². The van der Waals surface area contributed by atoms with Gasteiger partial charge in [0.15, 0.2) is 5.54 Å². The van der Waals surface area contributed by atoms with E-state index < -0.39 is 28.7 Å². The van der Waals surface area contributed by atoms with Gasteiger partial charge in [0.2, 0.25) is 0 Å². The van der Waals surface area contributed by atoms with Crippen molar-refractivity contribution in [3.8, 4) is 0 Å². The lowest BCUT2D eigenvalue weighted by Gasteiger charge is -2.35. The Hall–Kier alpha value is -4.14. The molecule has 29 heavy (non-hydrogen) atoms. The SMILES string of the molecule is O=C1Nc2c(c(=O)[nH]c(=O)n2Cc2ccccc2)C2(N1)C(=O)Nc1ccccc12. The van der Waals surface area contributed by atoms with Crippen LogP contribution in [0, 0.1) is 0 Å². The summed E-state index contributed by atoms with van der Waals surface area (Å²) < 4.78 is 1.25. The fraction of sp³-hybridized carbons (Fsp3) is 0.100. The number of hydrogen-bond acceptors (Lipinski definition) is 4. The highest BCUT2D eigenvalue weighted by Gasteiger charge is 2.55. The molecular formula is C20H15N5O4. The Morgan fingerprint density at radius 3 is 2.38 bits per heavy atom. The molecule has 2 aliphatic rings. The number of nitrogens with one attached hydrogen (secondary N) is 4. The first kappa shape index (κ1) is 17.0. The van der Waals surface area contributed by atoms with E-state index in [0.717, 1.165) is 5.56 Å². The first-order chi connectivity index (χ1) is 14.0. The molecule has 4 N–H and O–H groups in total. The van der Waals surface area contributed by atoms with Gasteiger partial charge in [0.05, 0.1) is 12.1 Å². The van der Waals surface area contributed by atoms with Gasteiger partial charge in [0.25, 0.3) is 11.5 Å². The van der Waals surface area contributed by atoms with Gasteiger partial charge < -0.3 is 10.6 Å². The standard InChI is InChI=1S/C20H15N5O4/c26-16-14-15(25(19(29)23-16)10-11-6-2-1-3-7-11)22-18(28)24-20(14)12-8-4-5-9-13(12)21-17(20)27/h1-9H,10H2,(H,21,27)(H2,22,24,28)(H,23,26,29). The van der Waals surface area contributed by atoms with Crippen LogP contribution in [0.2, 0.25) is 0 Å². The number of aromatic nitrogens is 2. The lowest BCUT2D eigenvalue weighted by molar-refractivity contribution is -0.120. The molecule has 1 aromatic heterocycles. The van der Waals surface area contributed by atoms with Crippen molar-refractivity contribution >= 4 is 23.4 Å². The summed E-state index contributed by atoms with van der Waals surface area (Å²) in [5, 5.41) is 7.86.